The van der Waals surface area contributed by atoms with Crippen LogP contribution in [-0.4, -0.2) is 23.4 Å². The first-order valence-electron chi connectivity index (χ1n) is 7.79. The maximum absolute atomic E-state index is 13.0. The average molecular weight is 299 g/mol. The number of Topliss-reactive ketones (excluding diaryl/α,β-unsaturated/α-hetero) is 1. The lowest BCUT2D eigenvalue weighted by Gasteiger charge is -2.28. The molecule has 0 N–H and O–H groups in total. The van der Waals surface area contributed by atoms with E-state index in [-0.39, 0.29) is 23.6 Å². The number of fused-ring (bicyclic) bond motifs is 1. The third-order valence-corrected chi connectivity index (χ3v) is 4.77. The number of methoxy groups -OCH3 is 1. The van der Waals surface area contributed by atoms with Crippen molar-refractivity contribution in [2.24, 2.45) is 18.9 Å². The number of nitrogens with zero attached hydrogens (tertiary/aromatic N) is 1. The predicted molar refractivity (Wildman–Crippen MR) is 84.7 cm³/mol. The van der Waals surface area contributed by atoms with Gasteiger partial charge in [-0.2, -0.15) is 0 Å². The van der Waals surface area contributed by atoms with Gasteiger partial charge in [0.05, 0.1) is 13.0 Å². The number of aryl methyl sites for hydroxylation is 1. The van der Waals surface area contributed by atoms with E-state index in [2.05, 4.69) is 0 Å². The highest BCUT2D eigenvalue weighted by Gasteiger charge is 2.37. The van der Waals surface area contributed by atoms with Crippen LogP contribution in [0.4, 0.5) is 0 Å². The molecular weight excluding hydrogens is 278 g/mol. The lowest BCUT2D eigenvalue weighted by Crippen LogP contribution is -2.33. The Morgan fingerprint density at radius 3 is 2.55 bits per heavy atom. The highest BCUT2D eigenvalue weighted by molar-refractivity contribution is 6.10. The zero-order valence-corrected chi connectivity index (χ0v) is 13.0. The average Bonchev–Trinajstić information content (AvgIpc) is 2.91. The van der Waals surface area contributed by atoms with Crippen molar-refractivity contribution in [3.63, 3.8) is 0 Å². The van der Waals surface area contributed by atoms with E-state index in [1.807, 2.05) is 42.1 Å². The van der Waals surface area contributed by atoms with E-state index in [1.165, 1.54) is 7.11 Å². The second-order valence-electron chi connectivity index (χ2n) is 6.06. The van der Waals surface area contributed by atoms with E-state index < -0.39 is 0 Å². The second kappa shape index (κ2) is 5.95. The number of benzene rings is 1. The highest BCUT2D eigenvalue weighted by atomic mass is 16.5. The summed E-state index contributed by atoms with van der Waals surface area (Å²) in [4.78, 5) is 25.0. The normalized spacial score (nSPS) is 21.7. The number of hydrogen-bond donors (Lipinski definition) is 0. The van der Waals surface area contributed by atoms with Crippen LogP contribution in [0.1, 0.15) is 36.0 Å². The van der Waals surface area contributed by atoms with E-state index in [0.29, 0.717) is 0 Å². The Hall–Kier alpha value is -2.10. The standard InChI is InChI=1S/C18H21NO3/c1-19-11-15(12-7-5-6-10-16(12)19)17(20)13-8-3-4-9-14(13)18(21)22-2/h5-7,10-11,13-14H,3-4,8-9H2,1-2H3/t13-,14+/m1/s1. The minimum absolute atomic E-state index is 0.0758. The third kappa shape index (κ3) is 2.43. The molecule has 1 aromatic heterocycles. The summed E-state index contributed by atoms with van der Waals surface area (Å²) in [6, 6.07) is 7.88. The summed E-state index contributed by atoms with van der Waals surface area (Å²) in [6.07, 6.45) is 5.37. The molecule has 4 nitrogen and oxygen atoms in total. The summed E-state index contributed by atoms with van der Waals surface area (Å²) in [6.45, 7) is 0. The topological polar surface area (TPSA) is 48.3 Å². The van der Waals surface area contributed by atoms with Gasteiger partial charge < -0.3 is 9.30 Å². The van der Waals surface area contributed by atoms with Crippen molar-refractivity contribution < 1.29 is 14.3 Å². The Morgan fingerprint density at radius 1 is 1.14 bits per heavy atom. The van der Waals surface area contributed by atoms with Crippen LogP contribution in [0.3, 0.4) is 0 Å². The number of carbonyl (C=O) groups is 2. The zero-order chi connectivity index (χ0) is 15.7. The maximum Gasteiger partial charge on any atom is 0.309 e. The third-order valence-electron chi connectivity index (χ3n) is 4.77. The van der Waals surface area contributed by atoms with Gasteiger partial charge in [-0.25, -0.2) is 0 Å². The van der Waals surface area contributed by atoms with Crippen molar-refractivity contribution in [1.29, 1.82) is 0 Å². The molecule has 1 aromatic carbocycles. The van der Waals surface area contributed by atoms with Crippen molar-refractivity contribution in [2.45, 2.75) is 25.7 Å². The van der Waals surface area contributed by atoms with Crippen molar-refractivity contribution >= 4 is 22.7 Å². The molecule has 1 saturated carbocycles. The van der Waals surface area contributed by atoms with Crippen LogP contribution in [-0.2, 0) is 16.6 Å². The van der Waals surface area contributed by atoms with Gasteiger partial charge in [-0.1, -0.05) is 31.0 Å². The number of rotatable bonds is 3. The van der Waals surface area contributed by atoms with Crippen LogP contribution in [0.15, 0.2) is 30.5 Å². The van der Waals surface area contributed by atoms with Gasteiger partial charge in [0, 0.05) is 35.6 Å². The van der Waals surface area contributed by atoms with Crippen molar-refractivity contribution in [2.75, 3.05) is 7.11 Å². The molecule has 2 aromatic rings. The molecule has 1 fully saturated rings. The zero-order valence-electron chi connectivity index (χ0n) is 13.0. The summed E-state index contributed by atoms with van der Waals surface area (Å²) < 4.78 is 6.87. The van der Waals surface area contributed by atoms with Crippen LogP contribution in [0.5, 0.6) is 0 Å². The van der Waals surface area contributed by atoms with Crippen LogP contribution in [0.2, 0.25) is 0 Å². The minimum atomic E-state index is -0.301. The lowest BCUT2D eigenvalue weighted by molar-refractivity contribution is -0.147. The molecule has 3 rings (SSSR count). The molecule has 22 heavy (non-hydrogen) atoms. The fourth-order valence-electron chi connectivity index (χ4n) is 3.62. The van der Waals surface area contributed by atoms with Crippen LogP contribution in [0.25, 0.3) is 10.9 Å². The number of esters is 1. The maximum atomic E-state index is 13.0. The Morgan fingerprint density at radius 2 is 1.82 bits per heavy atom. The van der Waals surface area contributed by atoms with E-state index in [9.17, 15) is 9.59 Å². The summed E-state index contributed by atoms with van der Waals surface area (Å²) in [5, 5.41) is 0.962. The summed E-state index contributed by atoms with van der Waals surface area (Å²) in [5.74, 6) is -0.734. The lowest BCUT2D eigenvalue weighted by atomic mass is 9.75. The Bertz CT molecular complexity index is 716. The molecular formula is C18H21NO3. The summed E-state index contributed by atoms with van der Waals surface area (Å²) in [5.41, 5.74) is 1.76. The molecule has 1 aliphatic carbocycles. The van der Waals surface area contributed by atoms with Crippen LogP contribution < -0.4 is 0 Å². The quantitative estimate of drug-likeness (QED) is 0.645. The first kappa shape index (κ1) is 14.8. The van der Waals surface area contributed by atoms with Gasteiger partial charge in [-0.05, 0) is 18.9 Å². The van der Waals surface area contributed by atoms with Gasteiger partial charge in [0.2, 0.25) is 0 Å². The molecule has 1 aliphatic rings. The van der Waals surface area contributed by atoms with E-state index >= 15 is 0 Å². The number of hydrogen-bond acceptors (Lipinski definition) is 3. The smallest absolute Gasteiger partial charge is 0.309 e. The predicted octanol–water partition coefficient (Wildman–Crippen LogP) is 3.34. The molecule has 4 heteroatoms. The minimum Gasteiger partial charge on any atom is -0.469 e. The number of aromatic nitrogens is 1. The highest BCUT2D eigenvalue weighted by Crippen LogP contribution is 2.35. The van der Waals surface area contributed by atoms with Crippen molar-refractivity contribution in [1.82, 2.24) is 4.57 Å². The van der Waals surface area contributed by atoms with Crippen molar-refractivity contribution in [3.8, 4) is 0 Å². The number of ether oxygens (including phenoxy) is 1. The van der Waals surface area contributed by atoms with Crippen molar-refractivity contribution in [3.05, 3.63) is 36.0 Å². The van der Waals surface area contributed by atoms with E-state index in [4.69, 9.17) is 4.74 Å². The molecule has 0 bridgehead atoms. The van der Waals surface area contributed by atoms with Gasteiger partial charge in [0.15, 0.2) is 5.78 Å². The van der Waals surface area contributed by atoms with Gasteiger partial charge in [-0.3, -0.25) is 9.59 Å². The largest absolute Gasteiger partial charge is 0.469 e. The molecule has 0 amide bonds. The SMILES string of the molecule is COC(=O)[C@H]1CCCC[C@H]1C(=O)c1cn(C)c2ccccc12. The molecule has 0 saturated heterocycles. The van der Waals surface area contributed by atoms with Gasteiger partial charge in [0.1, 0.15) is 0 Å². The van der Waals surface area contributed by atoms with E-state index in [0.717, 1.165) is 42.1 Å². The van der Waals surface area contributed by atoms with Gasteiger partial charge >= 0.3 is 5.97 Å². The fraction of sp³-hybridized carbons (Fsp3) is 0.444. The second-order valence-corrected chi connectivity index (χ2v) is 6.06. The Kier molecular flexibility index (Phi) is 4.01. The van der Waals surface area contributed by atoms with Gasteiger partial charge in [-0.15, -0.1) is 0 Å². The van der Waals surface area contributed by atoms with Crippen LogP contribution >= 0.6 is 0 Å². The number of ketones is 1. The first-order chi connectivity index (χ1) is 10.6. The van der Waals surface area contributed by atoms with Gasteiger partial charge in [0.25, 0.3) is 0 Å². The molecule has 0 spiro atoms. The summed E-state index contributed by atoms with van der Waals surface area (Å²) in [7, 11) is 3.34. The Labute approximate surface area is 130 Å². The molecule has 1 heterocycles. The first-order valence-corrected chi connectivity index (χ1v) is 7.79. The van der Waals surface area contributed by atoms with Crippen LogP contribution in [0, 0.1) is 11.8 Å². The van der Waals surface area contributed by atoms with E-state index in [1.54, 1.807) is 0 Å². The fourth-order valence-corrected chi connectivity index (χ4v) is 3.62. The molecule has 2 atom stereocenters. The molecule has 0 radical (unpaired) electrons. The number of carbonyl (C=O) groups excluding carboxylic acids is 2. The monoisotopic (exact) mass is 299 g/mol. The Balaban J connectivity index is 1.99. The molecule has 0 unspecified atom stereocenters. The molecule has 116 valence electrons. The molecule has 0 aliphatic heterocycles. The number of para-hydroxylation sites is 1. The summed E-state index contributed by atoms with van der Waals surface area (Å²) >= 11 is 0.